The molecule has 94 heavy (non-hydrogen) atoms. The van der Waals surface area contributed by atoms with E-state index in [-0.39, 0.29) is 26.1 Å². The molecule has 0 aliphatic rings. The van der Waals surface area contributed by atoms with Crippen LogP contribution in [0.15, 0.2) is 182 Å². The van der Waals surface area contributed by atoms with Crippen molar-refractivity contribution in [1.82, 2.24) is 0 Å². The first-order valence-electron chi connectivity index (χ1n) is 37.5. The number of rotatable bonds is 67. The van der Waals surface area contributed by atoms with E-state index in [1.54, 1.807) is 0 Å². The van der Waals surface area contributed by atoms with Crippen molar-refractivity contribution >= 4 is 19.8 Å². The minimum atomic E-state index is -4.66. The quantitative estimate of drug-likeness (QED) is 0.0195. The van der Waals surface area contributed by atoms with Gasteiger partial charge in [-0.05, 0) is 135 Å². The second-order valence-electron chi connectivity index (χ2n) is 25.5. The summed E-state index contributed by atoms with van der Waals surface area (Å²) >= 11 is 0. The predicted octanol–water partition coefficient (Wildman–Crippen LogP) is 24.4. The third kappa shape index (κ3) is 76.1. The minimum absolute atomic E-state index is 0.0397. The van der Waals surface area contributed by atoms with Crippen LogP contribution in [0.4, 0.5) is 0 Å². The number of esters is 2. The van der Waals surface area contributed by atoms with Crippen LogP contribution < -0.4 is 4.89 Å². The second-order valence-corrected chi connectivity index (χ2v) is 27.0. The Morgan fingerprint density at radius 3 is 0.851 bits per heavy atom. The van der Waals surface area contributed by atoms with Crippen LogP contribution in [-0.4, -0.2) is 70.0 Å². The maximum atomic E-state index is 12.9. The van der Waals surface area contributed by atoms with E-state index in [1.165, 1.54) is 103 Å². The highest BCUT2D eigenvalue weighted by molar-refractivity contribution is 7.45. The van der Waals surface area contributed by atoms with E-state index in [1.807, 2.05) is 21.1 Å². The maximum Gasteiger partial charge on any atom is 0.306 e. The number of phosphoric acid groups is 1. The summed E-state index contributed by atoms with van der Waals surface area (Å²) < 4.78 is 34.4. The Morgan fingerprint density at radius 1 is 0.330 bits per heavy atom. The molecule has 0 spiro atoms. The van der Waals surface area contributed by atoms with E-state index in [2.05, 4.69) is 196 Å². The molecule has 0 saturated carbocycles. The molecule has 0 N–H and O–H groups in total. The van der Waals surface area contributed by atoms with E-state index in [0.717, 1.165) is 148 Å². The summed E-state index contributed by atoms with van der Waals surface area (Å²) in [5.41, 5.74) is 0. The van der Waals surface area contributed by atoms with Gasteiger partial charge in [0.25, 0.3) is 7.82 Å². The average molecular weight is 1320 g/mol. The van der Waals surface area contributed by atoms with Crippen molar-refractivity contribution in [1.29, 1.82) is 0 Å². The fourth-order valence-corrected chi connectivity index (χ4v) is 10.5. The SMILES string of the molecule is CC/C=C\C/C=C\C/C=C\C/C=C\C/C=C\C/C=C\C/C=C\C/C=C\C/C=C\CCCCCCCCCCCCCCCC(=O)OC(COC(=O)CCCCCCCCCCCC/C=C\C/C=C\C/C=C\C/C=C\C/C=C\C/C=C\CC)COP(=O)([O-])OCC[N+](C)(C)C. The molecule has 0 aromatic carbocycles. The highest BCUT2D eigenvalue weighted by Gasteiger charge is 2.22. The molecule has 0 fully saturated rings. The highest BCUT2D eigenvalue weighted by atomic mass is 31.2. The van der Waals surface area contributed by atoms with Crippen LogP contribution in [0.25, 0.3) is 0 Å². The zero-order valence-electron chi connectivity index (χ0n) is 60.6. The molecule has 0 heterocycles. The summed E-state index contributed by atoms with van der Waals surface area (Å²) in [5, 5.41) is 0. The van der Waals surface area contributed by atoms with Crippen molar-refractivity contribution in [2.45, 2.75) is 290 Å². The van der Waals surface area contributed by atoms with Gasteiger partial charge < -0.3 is 27.9 Å². The number of carbonyl (C=O) groups excluding carboxylic acids is 2. The summed E-state index contributed by atoms with van der Waals surface area (Å²) in [6, 6.07) is 0. The first kappa shape index (κ1) is 89.1. The van der Waals surface area contributed by atoms with Crippen molar-refractivity contribution in [3.63, 3.8) is 0 Å². The van der Waals surface area contributed by atoms with Crippen LogP contribution in [0.1, 0.15) is 284 Å². The third-order valence-electron chi connectivity index (χ3n) is 15.4. The molecule has 2 unspecified atom stereocenters. The molecule has 10 heteroatoms. The van der Waals surface area contributed by atoms with Crippen molar-refractivity contribution in [2.24, 2.45) is 0 Å². The maximum absolute atomic E-state index is 12.9. The van der Waals surface area contributed by atoms with Gasteiger partial charge in [0.15, 0.2) is 6.10 Å². The van der Waals surface area contributed by atoms with Gasteiger partial charge in [0, 0.05) is 12.8 Å². The number of nitrogens with zero attached hydrogens (tertiary/aromatic N) is 1. The minimum Gasteiger partial charge on any atom is -0.756 e. The molecule has 0 amide bonds. The second kappa shape index (κ2) is 72.4. The van der Waals surface area contributed by atoms with Crippen LogP contribution in [0.3, 0.4) is 0 Å². The van der Waals surface area contributed by atoms with Crippen molar-refractivity contribution in [3.05, 3.63) is 182 Å². The van der Waals surface area contributed by atoms with Gasteiger partial charge in [-0.1, -0.05) is 318 Å². The predicted molar refractivity (Wildman–Crippen MR) is 406 cm³/mol. The Bertz CT molecular complexity index is 2240. The molecule has 0 aromatic heterocycles. The summed E-state index contributed by atoms with van der Waals surface area (Å²) in [7, 11) is 1.15. The van der Waals surface area contributed by atoms with Crippen LogP contribution in [0, 0.1) is 0 Å². The van der Waals surface area contributed by atoms with Crippen LogP contribution in [0.2, 0.25) is 0 Å². The third-order valence-corrected chi connectivity index (χ3v) is 16.4. The molecule has 0 saturated heterocycles. The normalized spacial score (nSPS) is 14.1. The molecule has 0 rings (SSSR count). The standard InChI is InChI=1S/C84H138NO8P/c1-6-8-10-12-14-16-18-20-22-24-26-28-30-32-34-36-37-38-39-40-41-42-43-44-45-46-47-49-51-53-55-57-59-61-63-65-67-69-71-73-75-77-84(87)93-82(81-92-94(88,89)91-79-78-85(3,4)5)80-90-83(86)76-74-72-70-68-66-64-62-60-58-56-54-52-50-48-35-33-31-29-27-25-23-21-19-17-15-13-11-9-7-2/h8-11,14-17,20-23,26-29,32-35,37-38,40-41,43-44,46-47,50,52,82H,6-7,12-13,18-19,24-25,30-31,36,39,42,45,48-49,51,53-81H2,1-5H3/b10-8-,11-9-,16-14-,17-15-,22-20-,23-21-,28-26-,29-27-,34-32-,35-33-,38-37-,41-40-,44-43-,47-46-,52-50-. The lowest BCUT2D eigenvalue weighted by Crippen LogP contribution is -2.37. The molecular formula is C84H138NO8P. The number of allylic oxidation sites excluding steroid dienone is 30. The lowest BCUT2D eigenvalue weighted by atomic mass is 10.0. The Balaban J connectivity index is 4.07. The Morgan fingerprint density at radius 2 is 0.574 bits per heavy atom. The fraction of sp³-hybridized carbons (Fsp3) is 0.619. The number of hydrogen-bond donors (Lipinski definition) is 0. The average Bonchev–Trinajstić information content (AvgIpc) is 1.57. The zero-order chi connectivity index (χ0) is 68.3. The van der Waals surface area contributed by atoms with Gasteiger partial charge in [-0.3, -0.25) is 14.2 Å². The highest BCUT2D eigenvalue weighted by Crippen LogP contribution is 2.38. The van der Waals surface area contributed by atoms with E-state index < -0.39 is 32.5 Å². The van der Waals surface area contributed by atoms with Gasteiger partial charge in [-0.25, -0.2) is 0 Å². The topological polar surface area (TPSA) is 111 Å². The summed E-state index contributed by atoms with van der Waals surface area (Å²) in [6.45, 7) is 4.00. The van der Waals surface area contributed by atoms with Gasteiger partial charge in [-0.15, -0.1) is 0 Å². The number of carbonyl (C=O) groups is 2. The van der Waals surface area contributed by atoms with E-state index in [9.17, 15) is 19.0 Å². The lowest BCUT2D eigenvalue weighted by molar-refractivity contribution is -0.870. The first-order chi connectivity index (χ1) is 46.0. The molecule has 9 nitrogen and oxygen atoms in total. The van der Waals surface area contributed by atoms with Crippen molar-refractivity contribution in [2.75, 3.05) is 47.5 Å². The van der Waals surface area contributed by atoms with Gasteiger partial charge in [-0.2, -0.15) is 0 Å². The number of unbranched alkanes of at least 4 members (excludes halogenated alkanes) is 23. The van der Waals surface area contributed by atoms with Gasteiger partial charge in [0.1, 0.15) is 19.8 Å². The summed E-state index contributed by atoms with van der Waals surface area (Å²) in [4.78, 5) is 38.1. The van der Waals surface area contributed by atoms with E-state index in [0.29, 0.717) is 17.4 Å². The molecule has 532 valence electrons. The molecule has 0 aromatic rings. The smallest absolute Gasteiger partial charge is 0.306 e. The molecule has 0 radical (unpaired) electrons. The van der Waals surface area contributed by atoms with Crippen molar-refractivity contribution < 1.29 is 42.1 Å². The van der Waals surface area contributed by atoms with Gasteiger partial charge in [0.05, 0.1) is 27.7 Å². The number of phosphoric ester groups is 1. The molecule has 2 atom stereocenters. The molecular weight excluding hydrogens is 1180 g/mol. The van der Waals surface area contributed by atoms with E-state index in [4.69, 9.17) is 18.5 Å². The zero-order valence-corrected chi connectivity index (χ0v) is 61.5. The number of ether oxygens (including phenoxy) is 2. The molecule has 0 bridgehead atoms. The fourth-order valence-electron chi connectivity index (χ4n) is 9.77. The first-order valence-corrected chi connectivity index (χ1v) is 39.0. The summed E-state index contributed by atoms with van der Waals surface area (Å²) in [5.74, 6) is -0.845. The number of likely N-dealkylation sites (N-methyl/N-ethyl adjacent to an activating group) is 1. The van der Waals surface area contributed by atoms with Gasteiger partial charge in [0.2, 0.25) is 0 Å². The largest absolute Gasteiger partial charge is 0.756 e. The van der Waals surface area contributed by atoms with Crippen LogP contribution >= 0.6 is 7.82 Å². The van der Waals surface area contributed by atoms with Gasteiger partial charge >= 0.3 is 11.9 Å². The Kier molecular flexibility index (Phi) is 68.6. The molecule has 0 aliphatic carbocycles. The Hall–Kier alpha value is -4.89. The summed E-state index contributed by atoms with van der Waals surface area (Å²) in [6.07, 6.45) is 111. The monoisotopic (exact) mass is 1320 g/mol. The van der Waals surface area contributed by atoms with Crippen LogP contribution in [0.5, 0.6) is 0 Å². The molecule has 0 aliphatic heterocycles. The lowest BCUT2D eigenvalue weighted by Gasteiger charge is -2.28. The number of hydrogen-bond acceptors (Lipinski definition) is 8. The number of quaternary nitrogens is 1. The van der Waals surface area contributed by atoms with E-state index >= 15 is 0 Å². The Labute approximate surface area is 578 Å². The van der Waals surface area contributed by atoms with Crippen molar-refractivity contribution in [3.8, 4) is 0 Å². The van der Waals surface area contributed by atoms with Crippen LogP contribution in [-0.2, 0) is 32.7 Å².